The van der Waals surface area contributed by atoms with Crippen molar-refractivity contribution in [3.63, 3.8) is 0 Å². The van der Waals surface area contributed by atoms with E-state index >= 15 is 0 Å². The molecule has 2 saturated heterocycles. The molecule has 2 aliphatic heterocycles. The van der Waals surface area contributed by atoms with Gasteiger partial charge in [-0.25, -0.2) is 0 Å². The lowest BCUT2D eigenvalue weighted by Crippen LogP contribution is -2.44. The predicted molar refractivity (Wildman–Crippen MR) is 128 cm³/mol. The average molecular weight is 456 g/mol. The molecular weight excluding hydrogens is 418 g/mol. The van der Waals surface area contributed by atoms with Gasteiger partial charge in [-0.3, -0.25) is 4.79 Å². The first-order chi connectivity index (χ1) is 16.2. The second-order valence-electron chi connectivity index (χ2n) is 9.15. The lowest BCUT2D eigenvalue weighted by molar-refractivity contribution is -0.125. The number of nitrogens with zero attached hydrogens (tertiary/aromatic N) is 4. The fourth-order valence-corrected chi connectivity index (χ4v) is 5.02. The van der Waals surface area contributed by atoms with E-state index in [1.54, 1.807) is 7.11 Å². The fourth-order valence-electron chi connectivity index (χ4n) is 5.02. The van der Waals surface area contributed by atoms with Gasteiger partial charge in [0.25, 0.3) is 0 Å². The highest BCUT2D eigenvalue weighted by molar-refractivity contribution is 5.79. The summed E-state index contributed by atoms with van der Waals surface area (Å²) in [5.74, 6) is 1.42. The molecule has 180 valence electrons. The normalized spacial score (nSPS) is 21.7. The molecular formula is C25H37N5O3. The van der Waals surface area contributed by atoms with Gasteiger partial charge in [-0.1, -0.05) is 18.5 Å². The van der Waals surface area contributed by atoms with Crippen LogP contribution in [0.1, 0.15) is 51.9 Å². The minimum absolute atomic E-state index is 0.0477. The summed E-state index contributed by atoms with van der Waals surface area (Å²) in [6.45, 7) is 6.73. The molecule has 2 unspecified atom stereocenters. The lowest BCUT2D eigenvalue weighted by Gasteiger charge is -2.35. The average Bonchev–Trinajstić information content (AvgIpc) is 3.37. The van der Waals surface area contributed by atoms with Crippen LogP contribution in [0.3, 0.4) is 0 Å². The molecule has 3 heterocycles. The third-order valence-electron chi connectivity index (χ3n) is 6.97. The first kappa shape index (κ1) is 23.5. The highest BCUT2D eigenvalue weighted by atomic mass is 16.5. The van der Waals surface area contributed by atoms with Crippen LogP contribution in [0.4, 0.5) is 6.01 Å². The Kier molecular flexibility index (Phi) is 8.20. The van der Waals surface area contributed by atoms with Gasteiger partial charge in [-0.15, -0.1) is 0 Å². The zero-order valence-electron chi connectivity index (χ0n) is 20.0. The van der Waals surface area contributed by atoms with E-state index in [1.807, 2.05) is 29.2 Å². The number of aromatic nitrogens is 2. The van der Waals surface area contributed by atoms with Crippen LogP contribution >= 0.6 is 0 Å². The van der Waals surface area contributed by atoms with Crippen molar-refractivity contribution in [2.75, 3.05) is 44.7 Å². The van der Waals surface area contributed by atoms with Crippen molar-refractivity contribution in [1.82, 2.24) is 20.4 Å². The molecule has 8 heteroatoms. The van der Waals surface area contributed by atoms with Gasteiger partial charge >= 0.3 is 6.01 Å². The van der Waals surface area contributed by atoms with E-state index in [2.05, 4.69) is 27.3 Å². The Bertz CT molecular complexity index is 884. The van der Waals surface area contributed by atoms with E-state index in [-0.39, 0.29) is 11.8 Å². The Balaban J connectivity index is 1.25. The van der Waals surface area contributed by atoms with E-state index in [1.165, 1.54) is 32.2 Å². The summed E-state index contributed by atoms with van der Waals surface area (Å²) in [4.78, 5) is 22.0. The Labute approximate surface area is 196 Å². The summed E-state index contributed by atoms with van der Waals surface area (Å²) in [5, 5.41) is 7.30. The number of likely N-dealkylation sites (tertiary alicyclic amines) is 1. The zero-order valence-corrected chi connectivity index (χ0v) is 20.0. The number of hydrogen-bond donors (Lipinski definition) is 1. The molecule has 2 aliphatic rings. The number of methoxy groups -OCH3 is 1. The molecule has 4 rings (SSSR count). The van der Waals surface area contributed by atoms with Gasteiger partial charge in [-0.2, -0.15) is 4.98 Å². The fraction of sp³-hybridized carbons (Fsp3) is 0.640. The maximum Gasteiger partial charge on any atom is 0.324 e. The third-order valence-corrected chi connectivity index (χ3v) is 6.97. The SMILES string of the molecule is CCC1CCCCN1CCCNC(=O)C1CCCN(c2nc(-c3ccc(OC)cc3)no2)C1. The van der Waals surface area contributed by atoms with Crippen LogP contribution in [0.5, 0.6) is 5.75 Å². The van der Waals surface area contributed by atoms with Crippen molar-refractivity contribution in [1.29, 1.82) is 0 Å². The van der Waals surface area contributed by atoms with E-state index in [9.17, 15) is 4.79 Å². The maximum absolute atomic E-state index is 12.8. The highest BCUT2D eigenvalue weighted by Crippen LogP contribution is 2.26. The van der Waals surface area contributed by atoms with Gasteiger partial charge in [0.1, 0.15) is 5.75 Å². The Morgan fingerprint density at radius 3 is 2.82 bits per heavy atom. The number of benzene rings is 1. The highest BCUT2D eigenvalue weighted by Gasteiger charge is 2.28. The molecule has 1 aromatic carbocycles. The smallest absolute Gasteiger partial charge is 0.324 e. The molecule has 1 N–H and O–H groups in total. The van der Waals surface area contributed by atoms with Crippen molar-refractivity contribution >= 4 is 11.9 Å². The molecule has 1 amide bonds. The molecule has 0 spiro atoms. The summed E-state index contributed by atoms with van der Waals surface area (Å²) in [7, 11) is 1.64. The number of anilines is 1. The quantitative estimate of drug-likeness (QED) is 0.577. The van der Waals surface area contributed by atoms with E-state index in [0.29, 0.717) is 18.4 Å². The van der Waals surface area contributed by atoms with Gasteiger partial charge in [0, 0.05) is 37.8 Å². The summed E-state index contributed by atoms with van der Waals surface area (Å²) >= 11 is 0. The van der Waals surface area contributed by atoms with Gasteiger partial charge in [-0.05, 0) is 69.3 Å². The van der Waals surface area contributed by atoms with Crippen molar-refractivity contribution in [3.8, 4) is 17.1 Å². The maximum atomic E-state index is 12.8. The number of carbonyl (C=O) groups excluding carboxylic acids is 1. The molecule has 0 saturated carbocycles. The second kappa shape index (κ2) is 11.5. The summed E-state index contributed by atoms with van der Waals surface area (Å²) in [6, 6.07) is 8.77. The Hall–Kier alpha value is -2.61. The number of amides is 1. The lowest BCUT2D eigenvalue weighted by atomic mass is 9.97. The standard InChI is InChI=1S/C25H37N5O3/c1-3-21-9-4-5-15-29(21)17-7-14-26-24(31)20-8-6-16-30(18-20)25-27-23(28-33-25)19-10-12-22(32-2)13-11-19/h10-13,20-21H,3-9,14-18H2,1-2H3,(H,26,31). The van der Waals surface area contributed by atoms with E-state index in [0.717, 1.165) is 56.3 Å². The Morgan fingerprint density at radius 1 is 1.18 bits per heavy atom. The summed E-state index contributed by atoms with van der Waals surface area (Å²) in [5.41, 5.74) is 0.871. The molecule has 33 heavy (non-hydrogen) atoms. The molecule has 0 radical (unpaired) electrons. The van der Waals surface area contributed by atoms with Crippen LogP contribution in [0.25, 0.3) is 11.4 Å². The topological polar surface area (TPSA) is 83.7 Å². The first-order valence-electron chi connectivity index (χ1n) is 12.4. The van der Waals surface area contributed by atoms with Gasteiger partial charge in [0.05, 0.1) is 13.0 Å². The van der Waals surface area contributed by atoms with Crippen LogP contribution in [0.15, 0.2) is 28.8 Å². The van der Waals surface area contributed by atoms with Gasteiger partial charge < -0.3 is 24.4 Å². The van der Waals surface area contributed by atoms with Gasteiger partial charge in [0.2, 0.25) is 11.7 Å². The minimum atomic E-state index is -0.0477. The number of piperidine rings is 2. The van der Waals surface area contributed by atoms with Crippen molar-refractivity contribution in [2.24, 2.45) is 5.92 Å². The zero-order chi connectivity index (χ0) is 23.0. The monoisotopic (exact) mass is 455 g/mol. The van der Waals surface area contributed by atoms with Crippen molar-refractivity contribution < 1.29 is 14.1 Å². The largest absolute Gasteiger partial charge is 0.497 e. The third kappa shape index (κ3) is 6.05. The van der Waals surface area contributed by atoms with E-state index < -0.39 is 0 Å². The first-order valence-corrected chi connectivity index (χ1v) is 12.4. The number of nitrogens with one attached hydrogen (secondary N) is 1. The summed E-state index contributed by atoms with van der Waals surface area (Å²) < 4.78 is 10.7. The minimum Gasteiger partial charge on any atom is -0.497 e. The predicted octanol–water partition coefficient (Wildman–Crippen LogP) is 3.73. The van der Waals surface area contributed by atoms with Crippen LogP contribution in [0, 0.1) is 5.92 Å². The Morgan fingerprint density at radius 2 is 2.03 bits per heavy atom. The summed E-state index contributed by atoms with van der Waals surface area (Å²) in [6.07, 6.45) is 8.03. The van der Waals surface area contributed by atoms with Crippen LogP contribution < -0.4 is 15.0 Å². The van der Waals surface area contributed by atoms with Crippen LogP contribution in [0.2, 0.25) is 0 Å². The van der Waals surface area contributed by atoms with Crippen molar-refractivity contribution in [2.45, 2.75) is 57.9 Å². The molecule has 8 nitrogen and oxygen atoms in total. The van der Waals surface area contributed by atoms with Crippen LogP contribution in [-0.2, 0) is 4.79 Å². The molecule has 2 aromatic rings. The number of hydrogen-bond acceptors (Lipinski definition) is 7. The molecule has 0 bridgehead atoms. The van der Waals surface area contributed by atoms with Crippen molar-refractivity contribution in [3.05, 3.63) is 24.3 Å². The number of carbonyl (C=O) groups is 1. The molecule has 2 fully saturated rings. The van der Waals surface area contributed by atoms with Gasteiger partial charge in [0.15, 0.2) is 0 Å². The van der Waals surface area contributed by atoms with E-state index in [4.69, 9.17) is 9.26 Å². The number of rotatable bonds is 9. The molecule has 0 aliphatic carbocycles. The molecule has 1 aromatic heterocycles. The van der Waals surface area contributed by atoms with Crippen LogP contribution in [-0.4, -0.2) is 66.8 Å². The molecule has 2 atom stereocenters. The second-order valence-corrected chi connectivity index (χ2v) is 9.15. The number of ether oxygens (including phenoxy) is 1.